The van der Waals surface area contributed by atoms with E-state index in [9.17, 15) is 0 Å². The minimum atomic E-state index is 0.295. The van der Waals surface area contributed by atoms with Crippen molar-refractivity contribution < 1.29 is 4.74 Å². The van der Waals surface area contributed by atoms with E-state index in [1.807, 2.05) is 38.1 Å². The van der Waals surface area contributed by atoms with Crippen LogP contribution in [0, 0.1) is 6.07 Å². The second-order valence-electron chi connectivity index (χ2n) is 2.75. The molecular formula is C10H13O. The first-order chi connectivity index (χ1) is 5.29. The lowest BCUT2D eigenvalue weighted by Gasteiger charge is -2.06. The van der Waals surface area contributed by atoms with E-state index in [2.05, 4.69) is 6.07 Å². The summed E-state index contributed by atoms with van der Waals surface area (Å²) in [5.41, 5.74) is 1.11. The van der Waals surface area contributed by atoms with Crippen LogP contribution >= 0.6 is 0 Å². The molecule has 0 heterocycles. The molecule has 0 aliphatic heterocycles. The second kappa shape index (κ2) is 4.14. The average molecular weight is 149 g/mol. The molecule has 0 saturated carbocycles. The summed E-state index contributed by atoms with van der Waals surface area (Å²) in [6, 6.07) is 11.0. The fourth-order valence-corrected chi connectivity index (χ4v) is 0.777. The number of rotatable bonds is 3. The number of ether oxygens (including phenoxy) is 1. The van der Waals surface area contributed by atoms with E-state index < -0.39 is 0 Å². The quantitative estimate of drug-likeness (QED) is 0.641. The normalized spacial score (nSPS) is 10.5. The third-order valence-electron chi connectivity index (χ3n) is 1.35. The van der Waals surface area contributed by atoms with Crippen LogP contribution in [0.3, 0.4) is 0 Å². The molecule has 0 N–H and O–H groups in total. The van der Waals surface area contributed by atoms with Gasteiger partial charge < -0.3 is 4.74 Å². The van der Waals surface area contributed by atoms with Crippen LogP contribution in [-0.4, -0.2) is 6.10 Å². The van der Waals surface area contributed by atoms with Crippen molar-refractivity contribution in [3.63, 3.8) is 0 Å². The van der Waals surface area contributed by atoms with Crippen LogP contribution in [0.4, 0.5) is 0 Å². The molecule has 0 aromatic heterocycles. The van der Waals surface area contributed by atoms with Crippen molar-refractivity contribution in [3.8, 4) is 0 Å². The standard InChI is InChI=1S/C10H13O/c1-9(2)11-8-10-6-4-3-5-7-10/h3-6,9H,8H2,1-2H3. The van der Waals surface area contributed by atoms with Gasteiger partial charge in [0.1, 0.15) is 0 Å². The van der Waals surface area contributed by atoms with Gasteiger partial charge >= 0.3 is 0 Å². The lowest BCUT2D eigenvalue weighted by atomic mass is 10.2. The second-order valence-corrected chi connectivity index (χ2v) is 2.75. The Balaban J connectivity index is 2.39. The zero-order valence-corrected chi connectivity index (χ0v) is 7.00. The third kappa shape index (κ3) is 3.19. The summed E-state index contributed by atoms with van der Waals surface area (Å²) in [7, 11) is 0. The van der Waals surface area contributed by atoms with Gasteiger partial charge in [0.05, 0.1) is 12.7 Å². The molecule has 1 rings (SSSR count). The van der Waals surface area contributed by atoms with Crippen molar-refractivity contribution in [1.29, 1.82) is 0 Å². The molecule has 0 fully saturated rings. The van der Waals surface area contributed by atoms with E-state index >= 15 is 0 Å². The first-order valence-corrected chi connectivity index (χ1v) is 3.86. The minimum absolute atomic E-state index is 0.295. The van der Waals surface area contributed by atoms with Crippen LogP contribution in [0.25, 0.3) is 0 Å². The van der Waals surface area contributed by atoms with Crippen molar-refractivity contribution >= 4 is 0 Å². The van der Waals surface area contributed by atoms with Crippen molar-refractivity contribution in [3.05, 3.63) is 35.9 Å². The van der Waals surface area contributed by atoms with Gasteiger partial charge in [0.15, 0.2) is 0 Å². The van der Waals surface area contributed by atoms with E-state index in [-0.39, 0.29) is 0 Å². The van der Waals surface area contributed by atoms with Crippen LogP contribution in [0.1, 0.15) is 19.4 Å². The van der Waals surface area contributed by atoms with Gasteiger partial charge in [-0.05, 0) is 25.5 Å². The molecule has 1 nitrogen and oxygen atoms in total. The van der Waals surface area contributed by atoms with Gasteiger partial charge in [-0.1, -0.05) is 24.3 Å². The molecule has 11 heavy (non-hydrogen) atoms. The van der Waals surface area contributed by atoms with E-state index in [4.69, 9.17) is 4.74 Å². The highest BCUT2D eigenvalue weighted by atomic mass is 16.5. The van der Waals surface area contributed by atoms with E-state index in [0.29, 0.717) is 12.7 Å². The average Bonchev–Trinajstić information content (AvgIpc) is 2.03. The smallest absolute Gasteiger partial charge is 0.0726 e. The van der Waals surface area contributed by atoms with E-state index in [1.165, 1.54) is 0 Å². The lowest BCUT2D eigenvalue weighted by molar-refractivity contribution is 0.0656. The van der Waals surface area contributed by atoms with Gasteiger partial charge in [0.25, 0.3) is 0 Å². The summed E-state index contributed by atoms with van der Waals surface area (Å²) >= 11 is 0. The molecule has 0 unspecified atom stereocenters. The van der Waals surface area contributed by atoms with Crippen molar-refractivity contribution in [2.45, 2.75) is 26.6 Å². The summed E-state index contributed by atoms with van der Waals surface area (Å²) < 4.78 is 5.40. The van der Waals surface area contributed by atoms with Crippen LogP contribution < -0.4 is 0 Å². The molecule has 1 aromatic rings. The fraction of sp³-hybridized carbons (Fsp3) is 0.400. The predicted molar refractivity (Wildman–Crippen MR) is 45.2 cm³/mol. The highest BCUT2D eigenvalue weighted by Gasteiger charge is 1.93. The number of benzene rings is 1. The van der Waals surface area contributed by atoms with E-state index in [0.717, 1.165) is 5.56 Å². The summed E-state index contributed by atoms with van der Waals surface area (Å²) in [5.74, 6) is 0. The first-order valence-electron chi connectivity index (χ1n) is 3.86. The molecule has 1 heteroatoms. The van der Waals surface area contributed by atoms with Crippen LogP contribution in [0.2, 0.25) is 0 Å². The molecule has 0 aliphatic rings. The Labute approximate surface area is 68.0 Å². The third-order valence-corrected chi connectivity index (χ3v) is 1.35. The molecule has 1 aromatic carbocycles. The summed E-state index contributed by atoms with van der Waals surface area (Å²) in [6.07, 6.45) is 0.295. The molecular weight excluding hydrogens is 136 g/mol. The van der Waals surface area contributed by atoms with Crippen molar-refractivity contribution in [1.82, 2.24) is 0 Å². The number of hydrogen-bond donors (Lipinski definition) is 0. The monoisotopic (exact) mass is 149 g/mol. The fourth-order valence-electron chi connectivity index (χ4n) is 0.777. The van der Waals surface area contributed by atoms with Crippen LogP contribution in [-0.2, 0) is 11.3 Å². The Morgan fingerprint density at radius 1 is 1.45 bits per heavy atom. The minimum Gasteiger partial charge on any atom is -0.374 e. The number of hydrogen-bond acceptors (Lipinski definition) is 1. The maximum absolute atomic E-state index is 5.40. The molecule has 59 valence electrons. The maximum atomic E-state index is 5.40. The SMILES string of the molecule is CC(C)OCc1[c]cccc1. The molecule has 0 saturated heterocycles. The Hall–Kier alpha value is -0.820. The predicted octanol–water partition coefficient (Wildman–Crippen LogP) is 2.41. The van der Waals surface area contributed by atoms with Crippen LogP contribution in [0.5, 0.6) is 0 Å². The molecule has 0 atom stereocenters. The zero-order chi connectivity index (χ0) is 8.10. The summed E-state index contributed by atoms with van der Waals surface area (Å²) in [6.45, 7) is 4.73. The topological polar surface area (TPSA) is 9.23 Å². The zero-order valence-electron chi connectivity index (χ0n) is 7.00. The van der Waals surface area contributed by atoms with Gasteiger partial charge in [0.2, 0.25) is 0 Å². The Kier molecular flexibility index (Phi) is 3.12. The van der Waals surface area contributed by atoms with Gasteiger partial charge in [-0.15, -0.1) is 0 Å². The molecule has 0 bridgehead atoms. The first kappa shape index (κ1) is 8.28. The largest absolute Gasteiger partial charge is 0.374 e. The van der Waals surface area contributed by atoms with E-state index in [1.54, 1.807) is 0 Å². The Bertz CT molecular complexity index is 191. The molecule has 1 radical (unpaired) electrons. The van der Waals surface area contributed by atoms with Crippen LogP contribution in [0.15, 0.2) is 24.3 Å². The lowest BCUT2D eigenvalue weighted by Crippen LogP contribution is -2.01. The van der Waals surface area contributed by atoms with Gasteiger partial charge in [-0.3, -0.25) is 0 Å². The Morgan fingerprint density at radius 2 is 2.27 bits per heavy atom. The molecule has 0 amide bonds. The van der Waals surface area contributed by atoms with Gasteiger partial charge in [0, 0.05) is 0 Å². The van der Waals surface area contributed by atoms with Gasteiger partial charge in [-0.25, -0.2) is 0 Å². The van der Waals surface area contributed by atoms with Gasteiger partial charge in [-0.2, -0.15) is 0 Å². The van der Waals surface area contributed by atoms with Crippen molar-refractivity contribution in [2.75, 3.05) is 0 Å². The molecule has 0 spiro atoms. The highest BCUT2D eigenvalue weighted by Crippen LogP contribution is 2.01. The maximum Gasteiger partial charge on any atom is 0.0726 e. The Morgan fingerprint density at radius 3 is 2.82 bits per heavy atom. The summed E-state index contributed by atoms with van der Waals surface area (Å²) in [5, 5.41) is 0. The van der Waals surface area contributed by atoms with Crippen molar-refractivity contribution in [2.24, 2.45) is 0 Å². The summed E-state index contributed by atoms with van der Waals surface area (Å²) in [4.78, 5) is 0. The molecule has 0 aliphatic carbocycles. The highest BCUT2D eigenvalue weighted by molar-refractivity contribution is 5.11.